The van der Waals surface area contributed by atoms with Crippen molar-refractivity contribution in [3.8, 4) is 5.75 Å². The number of carbonyl (C=O) groups excluding carboxylic acids is 1. The summed E-state index contributed by atoms with van der Waals surface area (Å²) in [5.74, 6) is -0.800. The lowest BCUT2D eigenvalue weighted by Crippen LogP contribution is -2.16. The fourth-order valence-electron chi connectivity index (χ4n) is 4.19. The van der Waals surface area contributed by atoms with E-state index in [9.17, 15) is 14.7 Å². The predicted molar refractivity (Wildman–Crippen MR) is 144 cm³/mol. The van der Waals surface area contributed by atoms with Crippen LogP contribution in [0.2, 0.25) is 0 Å². The first kappa shape index (κ1) is 28.4. The van der Waals surface area contributed by atoms with Crippen molar-refractivity contribution in [2.24, 2.45) is 0 Å². The molecule has 0 aromatic heterocycles. The Bertz CT molecular complexity index is 863. The molecule has 2 rings (SSSR count). The third-order valence-corrected chi connectivity index (χ3v) is 6.28. The van der Waals surface area contributed by atoms with Crippen molar-refractivity contribution < 1.29 is 19.4 Å². The van der Waals surface area contributed by atoms with Crippen molar-refractivity contribution in [1.29, 1.82) is 0 Å². The summed E-state index contributed by atoms with van der Waals surface area (Å²) < 4.78 is 5.82. The quantitative estimate of drug-likeness (QED) is 0.197. The van der Waals surface area contributed by atoms with E-state index in [1.807, 2.05) is 12.1 Å². The van der Waals surface area contributed by atoms with Crippen LogP contribution in [0.1, 0.15) is 118 Å². The Hall–Kier alpha value is -2.82. The molecule has 2 N–H and O–H groups in total. The van der Waals surface area contributed by atoms with Crippen LogP contribution in [0.25, 0.3) is 0 Å². The van der Waals surface area contributed by atoms with Gasteiger partial charge in [-0.25, -0.2) is 4.79 Å². The standard InChI is InChI=1S/C30H43NO4/c1-2-3-4-5-6-7-8-9-10-11-12-13-14-17-24-35-26-22-20-25(21-23-26)31-29(32)27-18-15-16-19-28(27)30(33)34/h15-16,18-23H,2-14,17,24H2,1H3,(H,31,32)(H,33,34). The Labute approximate surface area is 211 Å². The first-order chi connectivity index (χ1) is 17.1. The summed E-state index contributed by atoms with van der Waals surface area (Å²) in [5, 5.41) is 12.0. The molecule has 0 fully saturated rings. The molecule has 0 unspecified atom stereocenters. The van der Waals surface area contributed by atoms with Crippen LogP contribution in [-0.2, 0) is 0 Å². The van der Waals surface area contributed by atoms with E-state index in [2.05, 4.69) is 12.2 Å². The van der Waals surface area contributed by atoms with Crippen LogP contribution in [-0.4, -0.2) is 23.6 Å². The van der Waals surface area contributed by atoms with Crippen molar-refractivity contribution in [2.45, 2.75) is 96.8 Å². The number of benzene rings is 2. The molecule has 0 atom stereocenters. The third kappa shape index (κ3) is 11.9. The van der Waals surface area contributed by atoms with Gasteiger partial charge in [-0.15, -0.1) is 0 Å². The molecule has 0 aliphatic carbocycles. The zero-order valence-corrected chi connectivity index (χ0v) is 21.4. The van der Waals surface area contributed by atoms with Gasteiger partial charge in [0.1, 0.15) is 5.75 Å². The van der Waals surface area contributed by atoms with Crippen LogP contribution in [0.4, 0.5) is 5.69 Å². The van der Waals surface area contributed by atoms with Gasteiger partial charge in [0.25, 0.3) is 5.91 Å². The minimum absolute atomic E-state index is 0.0156. The number of hydrogen-bond donors (Lipinski definition) is 2. The second kappa shape index (κ2) is 17.6. The highest BCUT2D eigenvalue weighted by molar-refractivity contribution is 6.10. The molecule has 35 heavy (non-hydrogen) atoms. The van der Waals surface area contributed by atoms with Crippen LogP contribution in [0.5, 0.6) is 5.75 Å². The molecule has 0 heterocycles. The van der Waals surface area contributed by atoms with Crippen molar-refractivity contribution in [3.63, 3.8) is 0 Å². The molecular formula is C30H43NO4. The summed E-state index contributed by atoms with van der Waals surface area (Å²) in [5.41, 5.74) is 0.718. The Morgan fingerprint density at radius 1 is 0.686 bits per heavy atom. The molecule has 5 heteroatoms. The van der Waals surface area contributed by atoms with Crippen molar-refractivity contribution >= 4 is 17.6 Å². The van der Waals surface area contributed by atoms with Crippen LogP contribution in [0.15, 0.2) is 48.5 Å². The number of nitrogens with one attached hydrogen (secondary N) is 1. The maximum Gasteiger partial charge on any atom is 0.336 e. The molecule has 192 valence electrons. The minimum Gasteiger partial charge on any atom is -0.494 e. The Morgan fingerprint density at radius 3 is 1.69 bits per heavy atom. The molecule has 1 amide bonds. The molecule has 0 radical (unpaired) electrons. The first-order valence-corrected chi connectivity index (χ1v) is 13.5. The summed E-state index contributed by atoms with van der Waals surface area (Å²) in [6.45, 7) is 2.96. The molecule has 0 saturated carbocycles. The molecule has 0 bridgehead atoms. The highest BCUT2D eigenvalue weighted by Crippen LogP contribution is 2.19. The van der Waals surface area contributed by atoms with Crippen LogP contribution in [0.3, 0.4) is 0 Å². The van der Waals surface area contributed by atoms with E-state index in [4.69, 9.17) is 4.74 Å². The van der Waals surface area contributed by atoms with Gasteiger partial charge < -0.3 is 15.2 Å². The van der Waals surface area contributed by atoms with E-state index >= 15 is 0 Å². The highest BCUT2D eigenvalue weighted by atomic mass is 16.5. The van der Waals surface area contributed by atoms with E-state index in [0.29, 0.717) is 12.3 Å². The van der Waals surface area contributed by atoms with Gasteiger partial charge >= 0.3 is 5.97 Å². The van der Waals surface area contributed by atoms with Gasteiger partial charge in [-0.1, -0.05) is 103 Å². The van der Waals surface area contributed by atoms with Crippen molar-refractivity contribution in [1.82, 2.24) is 0 Å². The average molecular weight is 482 g/mol. The minimum atomic E-state index is -1.12. The molecule has 2 aromatic carbocycles. The lowest BCUT2D eigenvalue weighted by atomic mass is 10.0. The summed E-state index contributed by atoms with van der Waals surface area (Å²) in [6, 6.07) is 13.4. The van der Waals surface area contributed by atoms with E-state index in [1.165, 1.54) is 95.6 Å². The van der Waals surface area contributed by atoms with Crippen molar-refractivity contribution in [3.05, 3.63) is 59.7 Å². The summed E-state index contributed by atoms with van der Waals surface area (Å²) >= 11 is 0. The molecule has 0 aliphatic heterocycles. The number of carboxylic acid groups (broad SMARTS) is 1. The van der Waals surface area contributed by atoms with E-state index < -0.39 is 11.9 Å². The van der Waals surface area contributed by atoms with Gasteiger partial charge in [-0.3, -0.25) is 4.79 Å². The summed E-state index contributed by atoms with van der Waals surface area (Å²) in [4.78, 5) is 23.8. The SMILES string of the molecule is CCCCCCCCCCCCCCCCOc1ccc(NC(=O)c2ccccc2C(=O)O)cc1. The van der Waals surface area contributed by atoms with Gasteiger partial charge in [0.05, 0.1) is 17.7 Å². The largest absolute Gasteiger partial charge is 0.494 e. The highest BCUT2D eigenvalue weighted by Gasteiger charge is 2.15. The van der Waals surface area contributed by atoms with Gasteiger partial charge in [0.15, 0.2) is 0 Å². The fourth-order valence-corrected chi connectivity index (χ4v) is 4.19. The summed E-state index contributed by atoms with van der Waals surface area (Å²) in [6.07, 6.45) is 18.7. The third-order valence-electron chi connectivity index (χ3n) is 6.28. The summed E-state index contributed by atoms with van der Waals surface area (Å²) in [7, 11) is 0. The number of aromatic carboxylic acids is 1. The van der Waals surface area contributed by atoms with E-state index in [0.717, 1.165) is 12.2 Å². The van der Waals surface area contributed by atoms with Crippen LogP contribution < -0.4 is 10.1 Å². The van der Waals surface area contributed by atoms with Crippen molar-refractivity contribution in [2.75, 3.05) is 11.9 Å². The predicted octanol–water partition coefficient (Wildman–Crippen LogP) is 8.50. The zero-order chi connectivity index (χ0) is 25.1. The van der Waals surface area contributed by atoms with Gasteiger partial charge in [-0.05, 0) is 42.8 Å². The second-order valence-corrected chi connectivity index (χ2v) is 9.27. The van der Waals surface area contributed by atoms with Gasteiger partial charge in [0.2, 0.25) is 0 Å². The molecular weight excluding hydrogens is 438 g/mol. The number of amides is 1. The van der Waals surface area contributed by atoms with E-state index in [1.54, 1.807) is 24.3 Å². The maximum atomic E-state index is 12.4. The van der Waals surface area contributed by atoms with E-state index in [-0.39, 0.29) is 11.1 Å². The topological polar surface area (TPSA) is 75.6 Å². The number of anilines is 1. The Balaban J connectivity index is 1.51. The lowest BCUT2D eigenvalue weighted by molar-refractivity contribution is 0.0692. The Morgan fingerprint density at radius 2 is 1.17 bits per heavy atom. The monoisotopic (exact) mass is 481 g/mol. The number of carbonyl (C=O) groups is 2. The zero-order valence-electron chi connectivity index (χ0n) is 21.4. The van der Waals surface area contributed by atoms with Crippen LogP contribution >= 0.6 is 0 Å². The number of unbranched alkanes of at least 4 members (excludes halogenated alkanes) is 13. The maximum absolute atomic E-state index is 12.4. The molecule has 2 aromatic rings. The second-order valence-electron chi connectivity index (χ2n) is 9.27. The molecule has 0 spiro atoms. The number of hydrogen-bond acceptors (Lipinski definition) is 3. The van der Waals surface area contributed by atoms with Crippen LogP contribution in [0, 0.1) is 0 Å². The fraction of sp³-hybridized carbons (Fsp3) is 0.533. The number of ether oxygens (including phenoxy) is 1. The molecule has 5 nitrogen and oxygen atoms in total. The number of carboxylic acids is 1. The average Bonchev–Trinajstić information content (AvgIpc) is 2.87. The van der Waals surface area contributed by atoms with Gasteiger partial charge in [-0.2, -0.15) is 0 Å². The normalized spacial score (nSPS) is 10.8. The van der Waals surface area contributed by atoms with Gasteiger partial charge in [0, 0.05) is 5.69 Å². The Kier molecular flexibility index (Phi) is 14.3. The smallest absolute Gasteiger partial charge is 0.336 e. The first-order valence-electron chi connectivity index (χ1n) is 13.5. The number of rotatable bonds is 19. The lowest BCUT2D eigenvalue weighted by Gasteiger charge is -2.10. The molecule has 0 saturated heterocycles. The molecule has 0 aliphatic rings.